The van der Waals surface area contributed by atoms with Gasteiger partial charge in [0.2, 0.25) is 0 Å². The summed E-state index contributed by atoms with van der Waals surface area (Å²) in [6.07, 6.45) is 5.12. The molecule has 108 valence electrons. The highest BCUT2D eigenvalue weighted by Gasteiger charge is 2.17. The third kappa shape index (κ3) is 3.86. The molecule has 2 amide bonds. The van der Waals surface area contributed by atoms with Crippen LogP contribution in [0.25, 0.3) is 0 Å². The molecule has 1 unspecified atom stereocenters. The first-order valence-electron chi connectivity index (χ1n) is 6.34. The van der Waals surface area contributed by atoms with Crippen molar-refractivity contribution in [2.75, 3.05) is 26.8 Å². The van der Waals surface area contributed by atoms with Crippen LogP contribution in [-0.4, -0.2) is 42.6 Å². The summed E-state index contributed by atoms with van der Waals surface area (Å²) in [4.78, 5) is 11.6. The fourth-order valence-corrected chi connectivity index (χ4v) is 1.79. The van der Waals surface area contributed by atoms with E-state index < -0.39 is 0 Å². The van der Waals surface area contributed by atoms with E-state index in [-0.39, 0.29) is 12.1 Å². The summed E-state index contributed by atoms with van der Waals surface area (Å²) in [5.41, 5.74) is 0. The lowest BCUT2D eigenvalue weighted by atomic mass is 10.2. The number of carbonyl (C=O) groups is 1. The van der Waals surface area contributed by atoms with Crippen LogP contribution in [0.5, 0.6) is 0 Å². The number of aromatic nitrogens is 2. The molecule has 2 rings (SSSR count). The van der Waals surface area contributed by atoms with E-state index >= 15 is 0 Å². The van der Waals surface area contributed by atoms with Gasteiger partial charge < -0.3 is 19.8 Å². The Morgan fingerprint density at radius 2 is 2.40 bits per heavy atom. The van der Waals surface area contributed by atoms with Gasteiger partial charge in [0, 0.05) is 32.6 Å². The van der Waals surface area contributed by atoms with Crippen LogP contribution in [0.2, 0.25) is 0 Å². The first kappa shape index (κ1) is 14.1. The number of amides is 2. The van der Waals surface area contributed by atoms with Crippen molar-refractivity contribution in [1.29, 1.82) is 0 Å². The van der Waals surface area contributed by atoms with Gasteiger partial charge in [0.05, 0.1) is 12.9 Å². The molecule has 2 aromatic heterocycles. The molecule has 0 saturated carbocycles. The van der Waals surface area contributed by atoms with Gasteiger partial charge in [-0.2, -0.15) is 5.10 Å². The van der Waals surface area contributed by atoms with E-state index in [0.717, 1.165) is 5.76 Å². The Kier molecular flexibility index (Phi) is 5.19. The fraction of sp³-hybridized carbons (Fsp3) is 0.385. The molecule has 0 fully saturated rings. The maximum Gasteiger partial charge on any atom is 0.314 e. The van der Waals surface area contributed by atoms with Gasteiger partial charge in [-0.25, -0.2) is 4.79 Å². The Hall–Kier alpha value is -2.28. The molecule has 0 aliphatic rings. The molecule has 7 heteroatoms. The Morgan fingerprint density at radius 3 is 3.05 bits per heavy atom. The molecule has 7 nitrogen and oxygen atoms in total. The Morgan fingerprint density at radius 1 is 1.50 bits per heavy atom. The number of carbonyl (C=O) groups excluding carboxylic acids is 1. The Balaban J connectivity index is 1.91. The highest BCUT2D eigenvalue weighted by Crippen LogP contribution is 2.16. The standard InChI is InChI=1S/C13H18N4O3/c1-19-9-6-14-13(18)15-10-11(12-4-2-8-20-12)17-7-3-5-16-17/h2-5,7-8,11H,6,9-10H2,1H3,(H2,14,15,18). The number of hydrogen-bond acceptors (Lipinski definition) is 4. The maximum absolute atomic E-state index is 11.6. The molecule has 0 radical (unpaired) electrons. The van der Waals surface area contributed by atoms with E-state index in [1.165, 1.54) is 0 Å². The van der Waals surface area contributed by atoms with Crippen molar-refractivity contribution in [2.24, 2.45) is 0 Å². The van der Waals surface area contributed by atoms with Gasteiger partial charge >= 0.3 is 6.03 Å². The zero-order valence-electron chi connectivity index (χ0n) is 11.3. The second-order valence-corrected chi connectivity index (χ2v) is 4.15. The normalized spacial score (nSPS) is 12.1. The molecule has 0 bridgehead atoms. The third-order valence-corrected chi connectivity index (χ3v) is 2.76. The van der Waals surface area contributed by atoms with E-state index in [9.17, 15) is 4.79 Å². The molecule has 1 atom stereocenters. The van der Waals surface area contributed by atoms with Gasteiger partial charge in [0.1, 0.15) is 11.8 Å². The highest BCUT2D eigenvalue weighted by atomic mass is 16.5. The highest BCUT2D eigenvalue weighted by molar-refractivity contribution is 5.73. The van der Waals surface area contributed by atoms with E-state index in [1.807, 2.05) is 24.4 Å². The van der Waals surface area contributed by atoms with Gasteiger partial charge in [-0.1, -0.05) is 0 Å². The average Bonchev–Trinajstić information content (AvgIpc) is 3.12. The second-order valence-electron chi connectivity index (χ2n) is 4.15. The number of furan rings is 1. The molecule has 0 aliphatic carbocycles. The lowest BCUT2D eigenvalue weighted by Crippen LogP contribution is -2.40. The van der Waals surface area contributed by atoms with Crippen molar-refractivity contribution < 1.29 is 13.9 Å². The molecule has 0 saturated heterocycles. The summed E-state index contributed by atoms with van der Waals surface area (Å²) in [6.45, 7) is 1.33. The predicted molar refractivity (Wildman–Crippen MR) is 72.4 cm³/mol. The molecule has 2 N–H and O–H groups in total. The summed E-state index contributed by atoms with van der Waals surface area (Å²) in [6, 6.07) is 5.08. The van der Waals surface area contributed by atoms with Crippen LogP contribution < -0.4 is 10.6 Å². The minimum atomic E-state index is -0.245. The van der Waals surface area contributed by atoms with Crippen LogP contribution in [0.1, 0.15) is 11.8 Å². The number of rotatable bonds is 7. The maximum atomic E-state index is 11.6. The molecule has 0 spiro atoms. The predicted octanol–water partition coefficient (Wildman–Crippen LogP) is 1.01. The summed E-state index contributed by atoms with van der Waals surface area (Å²) >= 11 is 0. The van der Waals surface area contributed by atoms with E-state index in [4.69, 9.17) is 9.15 Å². The molecule has 0 aliphatic heterocycles. The first-order valence-corrected chi connectivity index (χ1v) is 6.34. The molecule has 0 aromatic carbocycles. The molecular formula is C13H18N4O3. The van der Waals surface area contributed by atoms with Crippen molar-refractivity contribution in [3.63, 3.8) is 0 Å². The zero-order chi connectivity index (χ0) is 14.2. The average molecular weight is 278 g/mol. The van der Waals surface area contributed by atoms with Crippen LogP contribution in [0, 0.1) is 0 Å². The minimum absolute atomic E-state index is 0.173. The number of nitrogens with zero attached hydrogens (tertiary/aromatic N) is 2. The minimum Gasteiger partial charge on any atom is -0.467 e. The molecule has 2 heterocycles. The largest absolute Gasteiger partial charge is 0.467 e. The first-order chi connectivity index (χ1) is 9.81. The summed E-state index contributed by atoms with van der Waals surface area (Å²) in [5.74, 6) is 0.742. The van der Waals surface area contributed by atoms with Crippen molar-refractivity contribution in [1.82, 2.24) is 20.4 Å². The van der Waals surface area contributed by atoms with E-state index in [0.29, 0.717) is 19.7 Å². The lowest BCUT2D eigenvalue weighted by Gasteiger charge is -2.16. The topological polar surface area (TPSA) is 81.3 Å². The monoisotopic (exact) mass is 278 g/mol. The summed E-state index contributed by atoms with van der Waals surface area (Å²) in [5, 5.41) is 9.68. The van der Waals surface area contributed by atoms with Crippen molar-refractivity contribution in [3.05, 3.63) is 42.6 Å². The Labute approximate surface area is 116 Å². The summed E-state index contributed by atoms with van der Waals surface area (Å²) in [7, 11) is 1.59. The van der Waals surface area contributed by atoms with Crippen LogP contribution in [-0.2, 0) is 4.74 Å². The lowest BCUT2D eigenvalue weighted by molar-refractivity contribution is 0.195. The third-order valence-electron chi connectivity index (χ3n) is 2.76. The fourth-order valence-electron chi connectivity index (χ4n) is 1.79. The van der Waals surface area contributed by atoms with Gasteiger partial charge in [0.15, 0.2) is 0 Å². The molecule has 20 heavy (non-hydrogen) atoms. The quantitative estimate of drug-likeness (QED) is 0.741. The van der Waals surface area contributed by atoms with Crippen LogP contribution >= 0.6 is 0 Å². The van der Waals surface area contributed by atoms with E-state index in [1.54, 1.807) is 24.3 Å². The van der Waals surface area contributed by atoms with Gasteiger partial charge in [-0.05, 0) is 18.2 Å². The van der Waals surface area contributed by atoms with Crippen molar-refractivity contribution in [2.45, 2.75) is 6.04 Å². The van der Waals surface area contributed by atoms with Crippen molar-refractivity contribution >= 4 is 6.03 Å². The van der Waals surface area contributed by atoms with Crippen molar-refractivity contribution in [3.8, 4) is 0 Å². The molecular weight excluding hydrogens is 260 g/mol. The number of hydrogen-bond donors (Lipinski definition) is 2. The van der Waals surface area contributed by atoms with Crippen LogP contribution in [0.3, 0.4) is 0 Å². The number of ether oxygens (including phenoxy) is 1. The van der Waals surface area contributed by atoms with Crippen LogP contribution in [0.15, 0.2) is 41.3 Å². The van der Waals surface area contributed by atoms with E-state index in [2.05, 4.69) is 15.7 Å². The smallest absolute Gasteiger partial charge is 0.314 e. The van der Waals surface area contributed by atoms with Gasteiger partial charge in [-0.15, -0.1) is 0 Å². The Bertz CT molecular complexity index is 461. The summed E-state index contributed by atoms with van der Waals surface area (Å²) < 4.78 is 12.0. The van der Waals surface area contributed by atoms with Gasteiger partial charge in [-0.3, -0.25) is 4.68 Å². The zero-order valence-corrected chi connectivity index (χ0v) is 11.3. The van der Waals surface area contributed by atoms with Gasteiger partial charge in [0.25, 0.3) is 0 Å². The number of nitrogens with one attached hydrogen (secondary N) is 2. The number of methoxy groups -OCH3 is 1. The molecule has 2 aromatic rings. The SMILES string of the molecule is COCCNC(=O)NCC(c1ccco1)n1cccn1. The second kappa shape index (κ2) is 7.34. The number of urea groups is 1. The van der Waals surface area contributed by atoms with Crippen LogP contribution in [0.4, 0.5) is 4.79 Å².